The van der Waals surface area contributed by atoms with Crippen molar-refractivity contribution in [1.29, 1.82) is 0 Å². The highest BCUT2D eigenvalue weighted by Crippen LogP contribution is 2.11. The van der Waals surface area contributed by atoms with Gasteiger partial charge >= 0.3 is 0 Å². The number of ether oxygens (including phenoxy) is 1. The number of carbonyl (C=O) groups is 1. The van der Waals surface area contributed by atoms with Crippen LogP contribution >= 0.6 is 0 Å². The molecule has 2 aliphatic rings. The van der Waals surface area contributed by atoms with Crippen molar-refractivity contribution in [3.8, 4) is 0 Å². The quantitative estimate of drug-likeness (QED) is 0.713. The molecule has 4 nitrogen and oxygen atoms in total. The summed E-state index contributed by atoms with van der Waals surface area (Å²) in [6.45, 7) is 2.57. The molecule has 2 fully saturated rings. The Hall–Kier alpha value is -0.610. The molecule has 2 unspecified atom stereocenters. The van der Waals surface area contributed by atoms with E-state index in [1.165, 1.54) is 12.8 Å². The SMILES string of the molecule is O=C1NCCCCC1OCC1CCCN1. The molecule has 0 radical (unpaired) electrons. The number of hydrogen-bond donors (Lipinski definition) is 2. The molecule has 4 heteroatoms. The predicted octanol–water partition coefficient (Wildman–Crippen LogP) is 0.424. The monoisotopic (exact) mass is 212 g/mol. The third kappa shape index (κ3) is 3.18. The van der Waals surface area contributed by atoms with E-state index < -0.39 is 0 Å². The zero-order valence-electron chi connectivity index (χ0n) is 9.13. The molecule has 86 valence electrons. The highest BCUT2D eigenvalue weighted by Gasteiger charge is 2.23. The predicted molar refractivity (Wildman–Crippen MR) is 57.6 cm³/mol. The van der Waals surface area contributed by atoms with Crippen LogP contribution in [0.4, 0.5) is 0 Å². The molecule has 0 saturated carbocycles. The normalized spacial score (nSPS) is 32.4. The fourth-order valence-corrected chi connectivity index (χ4v) is 2.20. The number of nitrogens with one attached hydrogen (secondary N) is 2. The van der Waals surface area contributed by atoms with E-state index >= 15 is 0 Å². The average Bonchev–Trinajstić information content (AvgIpc) is 2.67. The molecule has 0 bridgehead atoms. The van der Waals surface area contributed by atoms with E-state index in [0.29, 0.717) is 12.6 Å². The summed E-state index contributed by atoms with van der Waals surface area (Å²) in [4.78, 5) is 11.6. The molecule has 2 atom stereocenters. The molecule has 2 rings (SSSR count). The van der Waals surface area contributed by atoms with Crippen LogP contribution in [0.25, 0.3) is 0 Å². The summed E-state index contributed by atoms with van der Waals surface area (Å²) in [5, 5.41) is 6.26. The summed E-state index contributed by atoms with van der Waals surface area (Å²) in [5.41, 5.74) is 0. The van der Waals surface area contributed by atoms with E-state index in [1.807, 2.05) is 0 Å². The Morgan fingerprint density at radius 1 is 1.20 bits per heavy atom. The molecule has 0 aliphatic carbocycles. The Balaban J connectivity index is 1.73. The minimum atomic E-state index is -0.213. The highest BCUT2D eigenvalue weighted by atomic mass is 16.5. The molecule has 2 heterocycles. The van der Waals surface area contributed by atoms with Crippen molar-refractivity contribution >= 4 is 5.91 Å². The van der Waals surface area contributed by atoms with Crippen LogP contribution < -0.4 is 10.6 Å². The van der Waals surface area contributed by atoms with Gasteiger partial charge in [0.25, 0.3) is 0 Å². The van der Waals surface area contributed by atoms with Gasteiger partial charge in [-0.3, -0.25) is 4.79 Å². The Labute approximate surface area is 90.8 Å². The van der Waals surface area contributed by atoms with Crippen LogP contribution in [0, 0.1) is 0 Å². The summed E-state index contributed by atoms with van der Waals surface area (Å²) in [5.74, 6) is 0.0745. The molecule has 2 aliphatic heterocycles. The Morgan fingerprint density at radius 2 is 2.13 bits per heavy atom. The van der Waals surface area contributed by atoms with Crippen molar-refractivity contribution in [2.24, 2.45) is 0 Å². The first-order valence-electron chi connectivity index (χ1n) is 5.99. The Bertz CT molecular complexity index is 215. The molecule has 0 spiro atoms. The van der Waals surface area contributed by atoms with E-state index in [1.54, 1.807) is 0 Å². The lowest BCUT2D eigenvalue weighted by atomic mass is 10.2. The fraction of sp³-hybridized carbons (Fsp3) is 0.909. The summed E-state index contributed by atoms with van der Waals surface area (Å²) in [7, 11) is 0. The lowest BCUT2D eigenvalue weighted by molar-refractivity contribution is -0.132. The maximum absolute atomic E-state index is 11.6. The molecule has 2 N–H and O–H groups in total. The van der Waals surface area contributed by atoms with Gasteiger partial charge in [-0.2, -0.15) is 0 Å². The van der Waals surface area contributed by atoms with Gasteiger partial charge in [0.05, 0.1) is 6.61 Å². The molecule has 2 saturated heterocycles. The van der Waals surface area contributed by atoms with E-state index in [2.05, 4.69) is 10.6 Å². The van der Waals surface area contributed by atoms with Gasteiger partial charge in [0.15, 0.2) is 0 Å². The fourth-order valence-electron chi connectivity index (χ4n) is 2.20. The van der Waals surface area contributed by atoms with Gasteiger partial charge in [-0.1, -0.05) is 0 Å². The molecule has 0 aromatic carbocycles. The molecule has 1 amide bonds. The van der Waals surface area contributed by atoms with Gasteiger partial charge in [0, 0.05) is 12.6 Å². The minimum absolute atomic E-state index is 0.0745. The first-order valence-corrected chi connectivity index (χ1v) is 5.99. The van der Waals surface area contributed by atoms with Gasteiger partial charge in [-0.05, 0) is 38.6 Å². The minimum Gasteiger partial charge on any atom is -0.367 e. The van der Waals surface area contributed by atoms with Crippen molar-refractivity contribution in [2.75, 3.05) is 19.7 Å². The number of hydrogen-bond acceptors (Lipinski definition) is 3. The second kappa shape index (κ2) is 5.47. The van der Waals surface area contributed by atoms with Crippen LogP contribution in [0.5, 0.6) is 0 Å². The van der Waals surface area contributed by atoms with Gasteiger partial charge in [0.2, 0.25) is 5.91 Å². The zero-order valence-corrected chi connectivity index (χ0v) is 9.13. The molecule has 0 aromatic heterocycles. The van der Waals surface area contributed by atoms with Gasteiger partial charge < -0.3 is 15.4 Å². The smallest absolute Gasteiger partial charge is 0.249 e. The summed E-state index contributed by atoms with van der Waals surface area (Å²) >= 11 is 0. The molecule has 15 heavy (non-hydrogen) atoms. The maximum Gasteiger partial charge on any atom is 0.249 e. The first-order chi connectivity index (χ1) is 7.36. The first kappa shape index (κ1) is 10.9. The lowest BCUT2D eigenvalue weighted by Crippen LogP contribution is -2.37. The second-order valence-electron chi connectivity index (χ2n) is 4.40. The van der Waals surface area contributed by atoms with Gasteiger partial charge in [-0.25, -0.2) is 0 Å². The Morgan fingerprint density at radius 3 is 2.93 bits per heavy atom. The number of carbonyl (C=O) groups excluding carboxylic acids is 1. The van der Waals surface area contributed by atoms with Crippen molar-refractivity contribution in [3.63, 3.8) is 0 Å². The van der Waals surface area contributed by atoms with Gasteiger partial charge in [-0.15, -0.1) is 0 Å². The van der Waals surface area contributed by atoms with Crippen LogP contribution in [0.2, 0.25) is 0 Å². The highest BCUT2D eigenvalue weighted by molar-refractivity contribution is 5.80. The molecule has 0 aromatic rings. The standard InChI is InChI=1S/C11H20N2O2/c14-11-10(5-1-2-6-13-11)15-8-9-4-3-7-12-9/h9-10,12H,1-8H2,(H,13,14). The summed E-state index contributed by atoms with van der Waals surface area (Å²) in [6, 6.07) is 0.459. The number of rotatable bonds is 3. The van der Waals surface area contributed by atoms with Crippen LogP contribution in [0.3, 0.4) is 0 Å². The van der Waals surface area contributed by atoms with E-state index in [9.17, 15) is 4.79 Å². The Kier molecular flexibility index (Phi) is 3.97. The zero-order chi connectivity index (χ0) is 10.5. The lowest BCUT2D eigenvalue weighted by Gasteiger charge is -2.17. The summed E-state index contributed by atoms with van der Waals surface area (Å²) in [6.07, 6.45) is 5.22. The largest absolute Gasteiger partial charge is 0.367 e. The van der Waals surface area contributed by atoms with E-state index in [4.69, 9.17) is 4.74 Å². The van der Waals surface area contributed by atoms with Crippen molar-refractivity contribution in [1.82, 2.24) is 10.6 Å². The van der Waals surface area contributed by atoms with Crippen LogP contribution in [-0.2, 0) is 9.53 Å². The van der Waals surface area contributed by atoms with Crippen LogP contribution in [0.1, 0.15) is 32.1 Å². The van der Waals surface area contributed by atoms with Crippen LogP contribution in [-0.4, -0.2) is 37.7 Å². The van der Waals surface area contributed by atoms with E-state index in [0.717, 1.165) is 32.4 Å². The number of amides is 1. The van der Waals surface area contributed by atoms with Crippen molar-refractivity contribution < 1.29 is 9.53 Å². The summed E-state index contributed by atoms with van der Waals surface area (Å²) < 4.78 is 5.68. The molecular weight excluding hydrogens is 192 g/mol. The van der Waals surface area contributed by atoms with E-state index in [-0.39, 0.29) is 12.0 Å². The second-order valence-corrected chi connectivity index (χ2v) is 4.40. The van der Waals surface area contributed by atoms with Crippen LogP contribution in [0.15, 0.2) is 0 Å². The maximum atomic E-state index is 11.6. The third-order valence-corrected chi connectivity index (χ3v) is 3.15. The topological polar surface area (TPSA) is 50.4 Å². The average molecular weight is 212 g/mol. The van der Waals surface area contributed by atoms with Gasteiger partial charge in [0.1, 0.15) is 6.10 Å². The van der Waals surface area contributed by atoms with Crippen molar-refractivity contribution in [3.05, 3.63) is 0 Å². The molecular formula is C11H20N2O2. The third-order valence-electron chi connectivity index (χ3n) is 3.15. The van der Waals surface area contributed by atoms with Crippen molar-refractivity contribution in [2.45, 2.75) is 44.2 Å².